The minimum atomic E-state index is -2.93. The van der Waals surface area contributed by atoms with Crippen LogP contribution in [0.2, 0.25) is 5.15 Å². The van der Waals surface area contributed by atoms with Gasteiger partial charge in [-0.05, 0) is 56.1 Å². The molecule has 10 heteroatoms. The van der Waals surface area contributed by atoms with E-state index in [1.54, 1.807) is 12.3 Å². The Hall–Kier alpha value is -2.39. The van der Waals surface area contributed by atoms with E-state index in [4.69, 9.17) is 25.2 Å². The fourth-order valence-corrected chi connectivity index (χ4v) is 6.77. The fourth-order valence-electron chi connectivity index (χ4n) is 5.01. The highest BCUT2D eigenvalue weighted by molar-refractivity contribution is 7.93. The van der Waals surface area contributed by atoms with Crippen molar-refractivity contribution in [3.63, 3.8) is 0 Å². The van der Waals surface area contributed by atoms with Crippen LogP contribution in [0.3, 0.4) is 0 Å². The second-order valence-corrected chi connectivity index (χ2v) is 11.8. The molecule has 3 aliphatic carbocycles. The molecule has 1 spiro atoms. The summed E-state index contributed by atoms with van der Waals surface area (Å²) in [4.78, 5) is 21.1. The van der Waals surface area contributed by atoms with E-state index in [-0.39, 0.29) is 39.4 Å². The van der Waals surface area contributed by atoms with Crippen LogP contribution in [0.1, 0.15) is 60.9 Å². The number of halogens is 1. The lowest BCUT2D eigenvalue weighted by Crippen LogP contribution is -2.55. The Bertz CT molecular complexity index is 1300. The maximum atomic E-state index is 12.5. The molecule has 1 unspecified atom stereocenters. The zero-order valence-electron chi connectivity index (χ0n) is 16.6. The van der Waals surface area contributed by atoms with Crippen LogP contribution in [-0.2, 0) is 9.73 Å². The average molecular weight is 461 g/mol. The first-order valence-electron chi connectivity index (χ1n) is 10.4. The quantitative estimate of drug-likeness (QED) is 0.540. The first kappa shape index (κ1) is 19.3. The molecule has 3 aromatic heterocycles. The number of hydrogen-bond donors (Lipinski definition) is 2. The Morgan fingerprint density at radius 1 is 1.23 bits per heavy atom. The number of carbonyl (C=O) groups is 1. The van der Waals surface area contributed by atoms with E-state index in [0.717, 1.165) is 49.9 Å². The van der Waals surface area contributed by atoms with Crippen LogP contribution in [0.4, 0.5) is 0 Å². The summed E-state index contributed by atoms with van der Waals surface area (Å²) >= 11 is 5.91. The maximum absolute atomic E-state index is 12.5. The molecule has 0 radical (unpaired) electrons. The third-order valence-corrected chi connectivity index (χ3v) is 9.19. The molecule has 31 heavy (non-hydrogen) atoms. The minimum Gasteiger partial charge on any atom is -0.441 e. The van der Waals surface area contributed by atoms with Crippen molar-refractivity contribution in [1.82, 2.24) is 15.3 Å². The molecular formula is C21H21ClN4O4S. The van der Waals surface area contributed by atoms with Gasteiger partial charge < -0.3 is 14.2 Å². The number of nitrogens with one attached hydrogen (secondary N) is 2. The highest BCUT2D eigenvalue weighted by atomic mass is 35.5. The lowest BCUT2D eigenvalue weighted by atomic mass is 9.50. The van der Waals surface area contributed by atoms with E-state index in [1.165, 1.54) is 12.1 Å². The highest BCUT2D eigenvalue weighted by Gasteiger charge is 2.54. The van der Waals surface area contributed by atoms with Crippen LogP contribution >= 0.6 is 11.6 Å². The summed E-state index contributed by atoms with van der Waals surface area (Å²) in [6, 6.07) is 4.80. The third-order valence-electron chi connectivity index (χ3n) is 6.76. The summed E-state index contributed by atoms with van der Waals surface area (Å²) in [5.74, 6) is 0.830. The lowest BCUT2D eigenvalue weighted by molar-refractivity contribution is -0.0256. The molecule has 0 bridgehead atoms. The van der Waals surface area contributed by atoms with Crippen LogP contribution in [0.15, 0.2) is 38.3 Å². The van der Waals surface area contributed by atoms with Crippen LogP contribution in [-0.4, -0.2) is 31.4 Å². The topological polar surface area (TPSA) is 122 Å². The van der Waals surface area contributed by atoms with Crippen molar-refractivity contribution in [2.75, 3.05) is 0 Å². The van der Waals surface area contributed by atoms with Crippen molar-refractivity contribution >= 4 is 38.3 Å². The van der Waals surface area contributed by atoms with E-state index in [9.17, 15) is 9.00 Å². The summed E-state index contributed by atoms with van der Waals surface area (Å²) in [6.45, 7) is 0. The summed E-state index contributed by atoms with van der Waals surface area (Å²) in [6.07, 6.45) is 6.98. The zero-order valence-corrected chi connectivity index (χ0v) is 18.2. The summed E-state index contributed by atoms with van der Waals surface area (Å²) < 4.78 is 31.8. The highest BCUT2D eigenvalue weighted by Crippen LogP contribution is 2.61. The Balaban J connectivity index is 1.04. The second-order valence-electron chi connectivity index (χ2n) is 9.13. The predicted molar refractivity (Wildman–Crippen MR) is 113 cm³/mol. The molecule has 6 rings (SSSR count). The van der Waals surface area contributed by atoms with Gasteiger partial charge in [0.15, 0.2) is 22.3 Å². The molecule has 162 valence electrons. The monoisotopic (exact) mass is 460 g/mol. The summed E-state index contributed by atoms with van der Waals surface area (Å²) in [5, 5.41) is 3.36. The van der Waals surface area contributed by atoms with Gasteiger partial charge in [0, 0.05) is 18.0 Å². The zero-order chi connectivity index (χ0) is 21.4. The normalized spacial score (nSPS) is 29.3. The van der Waals surface area contributed by atoms with Crippen molar-refractivity contribution in [3.8, 4) is 0 Å². The van der Waals surface area contributed by atoms with E-state index < -0.39 is 9.73 Å². The van der Waals surface area contributed by atoms with Crippen molar-refractivity contribution in [2.24, 2.45) is 5.41 Å². The Labute approximate surface area is 183 Å². The SMILES string of the molecule is N=S(=O)(c1ccc(C(=O)NC2CC3(C2)CC(c2nc4cnc(Cl)cc4o2)C3)o1)C1CC1. The standard InChI is InChI=1S/C21H21ClN4O4S/c22-17-5-16-14(10-24-17)26-20(30-16)11-6-21(7-11)8-12(9-21)25-19(27)15-3-4-18(29-15)31(23,28)13-1-2-13/h3-5,10-13,23H,1-2,6-9H2,(H,25,27). The molecule has 1 atom stereocenters. The number of oxazole rings is 1. The number of rotatable bonds is 5. The number of pyridine rings is 1. The molecule has 1 amide bonds. The van der Waals surface area contributed by atoms with Crippen LogP contribution in [0.25, 0.3) is 11.1 Å². The summed E-state index contributed by atoms with van der Waals surface area (Å²) in [5.41, 5.74) is 1.61. The van der Waals surface area contributed by atoms with Crippen LogP contribution in [0, 0.1) is 10.2 Å². The smallest absolute Gasteiger partial charge is 0.287 e. The van der Waals surface area contributed by atoms with Crippen LogP contribution < -0.4 is 5.32 Å². The number of hydrogen-bond acceptors (Lipinski definition) is 7. The van der Waals surface area contributed by atoms with E-state index in [1.807, 2.05) is 0 Å². The van der Waals surface area contributed by atoms with Crippen molar-refractivity contribution in [3.05, 3.63) is 41.2 Å². The number of fused-ring (bicyclic) bond motifs is 1. The van der Waals surface area contributed by atoms with Gasteiger partial charge >= 0.3 is 0 Å². The number of nitrogens with zero attached hydrogens (tertiary/aromatic N) is 2. The molecule has 8 nitrogen and oxygen atoms in total. The molecule has 3 aromatic rings. The Kier molecular flexibility index (Phi) is 4.08. The van der Waals surface area contributed by atoms with Crippen molar-refractivity contribution in [2.45, 2.75) is 60.8 Å². The van der Waals surface area contributed by atoms with Crippen molar-refractivity contribution in [1.29, 1.82) is 4.78 Å². The second kappa shape index (κ2) is 6.56. The number of aromatic nitrogens is 2. The van der Waals surface area contributed by atoms with Gasteiger partial charge in [0.2, 0.25) is 0 Å². The number of amides is 1. The summed E-state index contributed by atoms with van der Waals surface area (Å²) in [7, 11) is -2.93. The molecule has 0 saturated heterocycles. The minimum absolute atomic E-state index is 0.0948. The first-order valence-corrected chi connectivity index (χ1v) is 12.4. The number of carbonyl (C=O) groups excluding carboxylic acids is 1. The Morgan fingerprint density at radius 3 is 2.74 bits per heavy atom. The van der Waals surface area contributed by atoms with Gasteiger partial charge in [-0.1, -0.05) is 11.6 Å². The van der Waals surface area contributed by atoms with Crippen LogP contribution in [0.5, 0.6) is 0 Å². The average Bonchev–Trinajstić information content (AvgIpc) is 3.27. The van der Waals surface area contributed by atoms with E-state index in [0.29, 0.717) is 10.7 Å². The molecule has 2 N–H and O–H groups in total. The maximum Gasteiger partial charge on any atom is 0.287 e. The van der Waals surface area contributed by atoms with Gasteiger partial charge in [-0.25, -0.2) is 19.0 Å². The van der Waals surface area contributed by atoms with Crippen molar-refractivity contribution < 1.29 is 17.8 Å². The number of furan rings is 1. The predicted octanol–water partition coefficient (Wildman–Crippen LogP) is 4.49. The molecule has 0 aromatic carbocycles. The van der Waals surface area contributed by atoms with Gasteiger partial charge in [0.05, 0.1) is 11.4 Å². The molecule has 3 fully saturated rings. The van der Waals surface area contributed by atoms with E-state index >= 15 is 0 Å². The first-order chi connectivity index (χ1) is 14.8. The lowest BCUT2D eigenvalue weighted by Gasteiger charge is -2.57. The van der Waals surface area contributed by atoms with Gasteiger partial charge in [-0.3, -0.25) is 4.79 Å². The molecule has 3 heterocycles. The largest absolute Gasteiger partial charge is 0.441 e. The third kappa shape index (κ3) is 3.25. The van der Waals surface area contributed by atoms with Gasteiger partial charge in [-0.15, -0.1) is 0 Å². The molecule has 3 aliphatic rings. The molecule has 3 saturated carbocycles. The molecule has 0 aliphatic heterocycles. The fraction of sp³-hybridized carbons (Fsp3) is 0.476. The Morgan fingerprint density at radius 2 is 2.00 bits per heavy atom. The molecular weight excluding hydrogens is 440 g/mol. The van der Waals surface area contributed by atoms with Gasteiger partial charge in [0.25, 0.3) is 5.91 Å². The van der Waals surface area contributed by atoms with Gasteiger partial charge in [0.1, 0.15) is 20.4 Å². The van der Waals surface area contributed by atoms with E-state index in [2.05, 4.69) is 15.3 Å². The van der Waals surface area contributed by atoms with Gasteiger partial charge in [-0.2, -0.15) is 0 Å².